The lowest BCUT2D eigenvalue weighted by Gasteiger charge is -2.29. The summed E-state index contributed by atoms with van der Waals surface area (Å²) in [5.41, 5.74) is 0.846. The second-order valence-electron chi connectivity index (χ2n) is 7.76. The average Bonchev–Trinajstić information content (AvgIpc) is 3.28. The lowest BCUT2D eigenvalue weighted by molar-refractivity contribution is -0.142. The third-order valence-corrected chi connectivity index (χ3v) is 5.77. The topological polar surface area (TPSA) is 67.9 Å². The first-order valence-corrected chi connectivity index (χ1v) is 11.0. The SMILES string of the molecule is COc1ccccc1OCC(=O)N(Cc1cccc(Cl)c1)C(C)C(=O)NC1CCCC1. The zero-order valence-corrected chi connectivity index (χ0v) is 18.7. The van der Waals surface area contributed by atoms with Gasteiger partial charge in [-0.15, -0.1) is 0 Å². The molecule has 0 heterocycles. The summed E-state index contributed by atoms with van der Waals surface area (Å²) in [5.74, 6) is 0.576. The van der Waals surface area contributed by atoms with E-state index in [1.807, 2.05) is 24.3 Å². The maximum absolute atomic E-state index is 13.1. The predicted octanol–water partition coefficient (Wildman–Crippen LogP) is 4.20. The van der Waals surface area contributed by atoms with Gasteiger partial charge in [0.2, 0.25) is 5.91 Å². The number of ether oxygens (including phenoxy) is 2. The molecule has 1 N–H and O–H groups in total. The van der Waals surface area contributed by atoms with Crippen molar-refractivity contribution in [3.63, 3.8) is 0 Å². The summed E-state index contributed by atoms with van der Waals surface area (Å²) in [7, 11) is 1.55. The molecule has 31 heavy (non-hydrogen) atoms. The summed E-state index contributed by atoms with van der Waals surface area (Å²) < 4.78 is 11.0. The summed E-state index contributed by atoms with van der Waals surface area (Å²) in [6, 6.07) is 14.0. The quantitative estimate of drug-likeness (QED) is 0.629. The third kappa shape index (κ3) is 6.37. The molecule has 2 aromatic rings. The van der Waals surface area contributed by atoms with E-state index in [1.54, 1.807) is 38.3 Å². The Morgan fingerprint density at radius 3 is 2.52 bits per heavy atom. The Morgan fingerprint density at radius 1 is 1.13 bits per heavy atom. The first-order valence-electron chi connectivity index (χ1n) is 10.6. The maximum Gasteiger partial charge on any atom is 0.261 e. The van der Waals surface area contributed by atoms with Crippen LogP contribution in [0, 0.1) is 0 Å². The minimum atomic E-state index is -0.645. The molecular weight excluding hydrogens is 416 g/mol. The van der Waals surface area contributed by atoms with Crippen LogP contribution < -0.4 is 14.8 Å². The Labute approximate surface area is 188 Å². The van der Waals surface area contributed by atoms with Crippen molar-refractivity contribution in [3.05, 3.63) is 59.1 Å². The molecule has 0 aliphatic heterocycles. The first kappa shape index (κ1) is 22.9. The molecule has 3 rings (SSSR count). The van der Waals surface area contributed by atoms with Crippen molar-refractivity contribution in [1.82, 2.24) is 10.2 Å². The summed E-state index contributed by atoms with van der Waals surface area (Å²) in [4.78, 5) is 27.6. The molecule has 1 saturated carbocycles. The van der Waals surface area contributed by atoms with Gasteiger partial charge in [0.15, 0.2) is 18.1 Å². The number of nitrogens with zero attached hydrogens (tertiary/aromatic N) is 1. The standard InChI is InChI=1S/C24H29ClN2O4/c1-17(24(29)26-20-10-3-4-11-20)27(15-18-8-7-9-19(25)14-18)23(28)16-31-22-13-6-5-12-21(22)30-2/h5-9,12-14,17,20H,3-4,10-11,15-16H2,1-2H3,(H,26,29). The van der Waals surface area contributed by atoms with Crippen molar-refractivity contribution in [2.45, 2.75) is 51.2 Å². The summed E-state index contributed by atoms with van der Waals surface area (Å²) >= 11 is 6.12. The van der Waals surface area contributed by atoms with Gasteiger partial charge in [-0.1, -0.05) is 48.7 Å². The van der Waals surface area contributed by atoms with Crippen LogP contribution >= 0.6 is 11.6 Å². The van der Waals surface area contributed by atoms with E-state index in [0.29, 0.717) is 16.5 Å². The van der Waals surface area contributed by atoms with E-state index in [0.717, 1.165) is 31.2 Å². The van der Waals surface area contributed by atoms with Crippen LogP contribution in [0.15, 0.2) is 48.5 Å². The van der Waals surface area contributed by atoms with Crippen molar-refractivity contribution in [3.8, 4) is 11.5 Å². The Morgan fingerprint density at radius 2 is 1.84 bits per heavy atom. The lowest BCUT2D eigenvalue weighted by Crippen LogP contribution is -2.50. The summed E-state index contributed by atoms with van der Waals surface area (Å²) in [5, 5.41) is 3.67. The van der Waals surface area contributed by atoms with E-state index in [2.05, 4.69) is 5.32 Å². The lowest BCUT2D eigenvalue weighted by atomic mass is 10.1. The second kappa shape index (κ2) is 11.0. The number of benzene rings is 2. The molecule has 7 heteroatoms. The van der Waals surface area contributed by atoms with E-state index in [1.165, 1.54) is 4.90 Å². The molecule has 2 amide bonds. The molecular formula is C24H29ClN2O4. The molecule has 1 unspecified atom stereocenters. The Kier molecular flexibility index (Phi) is 8.18. The number of para-hydroxylation sites is 2. The minimum absolute atomic E-state index is 0.153. The van der Waals surface area contributed by atoms with Crippen LogP contribution in [0.4, 0.5) is 0 Å². The van der Waals surface area contributed by atoms with E-state index >= 15 is 0 Å². The fraction of sp³-hybridized carbons (Fsp3) is 0.417. The van der Waals surface area contributed by atoms with Gasteiger partial charge < -0.3 is 19.7 Å². The number of nitrogens with one attached hydrogen (secondary N) is 1. The van der Waals surface area contributed by atoms with Gasteiger partial charge in [-0.3, -0.25) is 9.59 Å². The first-order chi connectivity index (χ1) is 15.0. The summed E-state index contributed by atoms with van der Waals surface area (Å²) in [6.07, 6.45) is 4.21. The summed E-state index contributed by atoms with van der Waals surface area (Å²) in [6.45, 7) is 1.80. The molecule has 1 atom stereocenters. The molecule has 1 aliphatic carbocycles. The monoisotopic (exact) mass is 444 g/mol. The normalized spacial score (nSPS) is 14.7. The molecule has 0 bridgehead atoms. The molecule has 166 valence electrons. The fourth-order valence-corrected chi connectivity index (χ4v) is 3.98. The van der Waals surface area contributed by atoms with Crippen molar-refractivity contribution in [2.24, 2.45) is 0 Å². The van der Waals surface area contributed by atoms with Gasteiger partial charge in [-0.2, -0.15) is 0 Å². The van der Waals surface area contributed by atoms with Gasteiger partial charge >= 0.3 is 0 Å². The van der Waals surface area contributed by atoms with Crippen LogP contribution in [0.25, 0.3) is 0 Å². The smallest absolute Gasteiger partial charge is 0.261 e. The van der Waals surface area contributed by atoms with Crippen molar-refractivity contribution < 1.29 is 19.1 Å². The number of carbonyl (C=O) groups excluding carboxylic acids is 2. The van der Waals surface area contributed by atoms with Crippen LogP contribution in [0.1, 0.15) is 38.2 Å². The van der Waals surface area contributed by atoms with Gasteiger partial charge in [0, 0.05) is 17.6 Å². The predicted molar refractivity (Wildman–Crippen MR) is 120 cm³/mol. The third-order valence-electron chi connectivity index (χ3n) is 5.53. The van der Waals surface area contributed by atoms with Crippen molar-refractivity contribution in [1.29, 1.82) is 0 Å². The van der Waals surface area contributed by atoms with Gasteiger partial charge in [-0.05, 0) is 49.6 Å². The van der Waals surface area contributed by atoms with Gasteiger partial charge in [-0.25, -0.2) is 0 Å². The fourth-order valence-electron chi connectivity index (χ4n) is 3.77. The van der Waals surface area contributed by atoms with E-state index in [4.69, 9.17) is 21.1 Å². The Balaban J connectivity index is 1.73. The maximum atomic E-state index is 13.1. The Hall–Kier alpha value is -2.73. The molecule has 2 aromatic carbocycles. The van der Waals surface area contributed by atoms with Crippen molar-refractivity contribution >= 4 is 23.4 Å². The van der Waals surface area contributed by atoms with Crippen LogP contribution in [0.2, 0.25) is 5.02 Å². The zero-order valence-electron chi connectivity index (χ0n) is 18.0. The highest BCUT2D eigenvalue weighted by Gasteiger charge is 2.29. The van der Waals surface area contributed by atoms with E-state index < -0.39 is 6.04 Å². The highest BCUT2D eigenvalue weighted by atomic mass is 35.5. The Bertz CT molecular complexity index is 899. The number of hydrogen-bond acceptors (Lipinski definition) is 4. The van der Waals surface area contributed by atoms with Crippen LogP contribution in [0.5, 0.6) is 11.5 Å². The van der Waals surface area contributed by atoms with Crippen LogP contribution in [0.3, 0.4) is 0 Å². The largest absolute Gasteiger partial charge is 0.493 e. The molecule has 6 nitrogen and oxygen atoms in total. The molecule has 0 aromatic heterocycles. The number of rotatable bonds is 9. The minimum Gasteiger partial charge on any atom is -0.493 e. The van der Waals surface area contributed by atoms with Crippen molar-refractivity contribution in [2.75, 3.05) is 13.7 Å². The molecule has 0 radical (unpaired) electrons. The zero-order chi connectivity index (χ0) is 22.2. The molecule has 1 fully saturated rings. The highest BCUT2D eigenvalue weighted by Crippen LogP contribution is 2.26. The number of methoxy groups -OCH3 is 1. The highest BCUT2D eigenvalue weighted by molar-refractivity contribution is 6.30. The van der Waals surface area contributed by atoms with Gasteiger partial charge in [0.25, 0.3) is 5.91 Å². The number of amides is 2. The number of halogens is 1. The van der Waals surface area contributed by atoms with Gasteiger partial charge in [0.05, 0.1) is 7.11 Å². The van der Waals surface area contributed by atoms with Crippen LogP contribution in [-0.2, 0) is 16.1 Å². The van der Waals surface area contributed by atoms with E-state index in [9.17, 15) is 9.59 Å². The van der Waals surface area contributed by atoms with Crippen LogP contribution in [-0.4, -0.2) is 42.5 Å². The molecule has 0 saturated heterocycles. The molecule has 1 aliphatic rings. The number of hydrogen-bond donors (Lipinski definition) is 1. The number of carbonyl (C=O) groups is 2. The average molecular weight is 445 g/mol. The molecule has 0 spiro atoms. The van der Waals surface area contributed by atoms with Gasteiger partial charge in [0.1, 0.15) is 6.04 Å². The second-order valence-corrected chi connectivity index (χ2v) is 8.19. The van der Waals surface area contributed by atoms with E-state index in [-0.39, 0.29) is 31.0 Å².